The number of hydrogen-bond donors (Lipinski definition) is 2. The fraction of sp³-hybridized carbons (Fsp3) is 0.381. The van der Waals surface area contributed by atoms with E-state index in [2.05, 4.69) is 32.2 Å². The van der Waals surface area contributed by atoms with Crippen LogP contribution < -0.4 is 10.2 Å². The van der Waals surface area contributed by atoms with Crippen molar-refractivity contribution >= 4 is 22.8 Å². The number of nitrogens with zero attached hydrogens (tertiary/aromatic N) is 3. The van der Waals surface area contributed by atoms with Crippen LogP contribution >= 0.6 is 0 Å². The molecular formula is C21H25N5O. The van der Waals surface area contributed by atoms with Gasteiger partial charge >= 0.3 is 0 Å². The number of anilines is 1. The van der Waals surface area contributed by atoms with Crippen molar-refractivity contribution in [1.82, 2.24) is 20.3 Å². The summed E-state index contributed by atoms with van der Waals surface area (Å²) in [5.74, 6) is 0.871. The summed E-state index contributed by atoms with van der Waals surface area (Å²) in [6.45, 7) is 0.458. The van der Waals surface area contributed by atoms with Gasteiger partial charge in [-0.1, -0.05) is 25.3 Å². The Morgan fingerprint density at radius 2 is 2.07 bits per heavy atom. The Morgan fingerprint density at radius 1 is 1.22 bits per heavy atom. The van der Waals surface area contributed by atoms with E-state index in [1.165, 1.54) is 32.1 Å². The molecule has 2 N–H and O–H groups in total. The summed E-state index contributed by atoms with van der Waals surface area (Å²) in [6.07, 6.45) is 9.78. The summed E-state index contributed by atoms with van der Waals surface area (Å²) < 4.78 is 0. The molecule has 1 aromatic carbocycles. The van der Waals surface area contributed by atoms with E-state index in [0.717, 1.165) is 22.4 Å². The Labute approximate surface area is 159 Å². The molecule has 27 heavy (non-hydrogen) atoms. The Balaban J connectivity index is 1.46. The number of benzene rings is 1. The lowest BCUT2D eigenvalue weighted by atomic mass is 9.94. The summed E-state index contributed by atoms with van der Waals surface area (Å²) in [5.41, 5.74) is 3.39. The second kappa shape index (κ2) is 7.78. The molecule has 2 heterocycles. The molecule has 0 radical (unpaired) electrons. The van der Waals surface area contributed by atoms with Crippen molar-refractivity contribution in [3.05, 3.63) is 54.0 Å². The van der Waals surface area contributed by atoms with Crippen molar-refractivity contribution in [3.8, 4) is 0 Å². The van der Waals surface area contributed by atoms with E-state index >= 15 is 0 Å². The number of aromatic nitrogens is 3. The Bertz CT molecular complexity index is 929. The molecule has 0 bridgehead atoms. The minimum atomic E-state index is -0.0957. The van der Waals surface area contributed by atoms with Crippen molar-refractivity contribution in [2.45, 2.75) is 44.7 Å². The zero-order valence-corrected chi connectivity index (χ0v) is 15.6. The maximum Gasteiger partial charge on any atom is 0.251 e. The van der Waals surface area contributed by atoms with Crippen LogP contribution in [0, 0.1) is 0 Å². The van der Waals surface area contributed by atoms with Gasteiger partial charge in [0.05, 0.1) is 17.4 Å². The Hall–Kier alpha value is -2.89. The molecule has 1 fully saturated rings. The normalized spacial score (nSPS) is 15.0. The van der Waals surface area contributed by atoms with Crippen LogP contribution in [0.15, 0.2) is 42.9 Å². The number of nitrogens with one attached hydrogen (secondary N) is 2. The zero-order chi connectivity index (χ0) is 18.6. The summed E-state index contributed by atoms with van der Waals surface area (Å²) >= 11 is 0. The number of fused-ring (bicyclic) bond motifs is 1. The molecule has 0 aliphatic heterocycles. The molecule has 3 aromatic rings. The predicted octanol–water partition coefficient (Wildman–Crippen LogP) is 3.66. The molecule has 0 spiro atoms. The molecule has 0 saturated heterocycles. The van der Waals surface area contributed by atoms with Gasteiger partial charge in [0, 0.05) is 37.0 Å². The third-order valence-corrected chi connectivity index (χ3v) is 5.45. The standard InChI is InChI=1S/C21H25N5O/c1-26(17-7-3-2-4-8-17)20-16(6-5-11-22-20)13-23-21(27)15-9-10-18-19(12-15)25-14-24-18/h5-6,9-12,14,17H,2-4,7-8,13H2,1H3,(H,23,27)(H,24,25). The van der Waals surface area contributed by atoms with Gasteiger partial charge in [-0.2, -0.15) is 0 Å². The van der Waals surface area contributed by atoms with Crippen molar-refractivity contribution in [1.29, 1.82) is 0 Å². The highest BCUT2D eigenvalue weighted by Gasteiger charge is 2.21. The third-order valence-electron chi connectivity index (χ3n) is 5.45. The molecule has 0 unspecified atom stereocenters. The van der Waals surface area contributed by atoms with Crippen molar-refractivity contribution < 1.29 is 4.79 Å². The maximum atomic E-state index is 12.6. The van der Waals surface area contributed by atoms with Gasteiger partial charge < -0.3 is 15.2 Å². The van der Waals surface area contributed by atoms with Crippen molar-refractivity contribution in [2.24, 2.45) is 0 Å². The minimum absolute atomic E-state index is 0.0957. The lowest BCUT2D eigenvalue weighted by Crippen LogP contribution is -2.35. The number of carbonyl (C=O) groups is 1. The van der Waals surface area contributed by atoms with Gasteiger partial charge in [0.1, 0.15) is 5.82 Å². The van der Waals surface area contributed by atoms with E-state index in [-0.39, 0.29) is 5.91 Å². The van der Waals surface area contributed by atoms with E-state index in [4.69, 9.17) is 0 Å². The summed E-state index contributed by atoms with van der Waals surface area (Å²) in [7, 11) is 2.12. The van der Waals surface area contributed by atoms with Crippen LogP contribution in [0.25, 0.3) is 11.0 Å². The fourth-order valence-electron chi connectivity index (χ4n) is 3.88. The first-order valence-electron chi connectivity index (χ1n) is 9.60. The molecule has 1 aliphatic carbocycles. The first-order chi connectivity index (χ1) is 13.2. The number of carbonyl (C=O) groups excluding carboxylic acids is 1. The van der Waals surface area contributed by atoms with Crippen LogP contribution in [0.1, 0.15) is 48.0 Å². The topological polar surface area (TPSA) is 73.9 Å². The largest absolute Gasteiger partial charge is 0.356 e. The van der Waals surface area contributed by atoms with Gasteiger partial charge in [-0.05, 0) is 37.1 Å². The zero-order valence-electron chi connectivity index (χ0n) is 15.6. The average Bonchev–Trinajstić information content (AvgIpc) is 3.20. The predicted molar refractivity (Wildman–Crippen MR) is 107 cm³/mol. The smallest absolute Gasteiger partial charge is 0.251 e. The van der Waals surface area contributed by atoms with Crippen molar-refractivity contribution in [3.63, 3.8) is 0 Å². The van der Waals surface area contributed by atoms with Crippen LogP contribution in [0.4, 0.5) is 5.82 Å². The number of hydrogen-bond acceptors (Lipinski definition) is 4. The van der Waals surface area contributed by atoms with Gasteiger partial charge in [-0.15, -0.1) is 0 Å². The number of pyridine rings is 1. The summed E-state index contributed by atoms with van der Waals surface area (Å²) in [4.78, 5) is 26.7. The van der Waals surface area contributed by atoms with Crippen LogP contribution in [-0.2, 0) is 6.54 Å². The highest BCUT2D eigenvalue weighted by molar-refractivity contribution is 5.97. The van der Waals surface area contributed by atoms with E-state index in [1.807, 2.05) is 30.5 Å². The SMILES string of the molecule is CN(c1ncccc1CNC(=O)c1ccc2nc[nH]c2c1)C1CCCCC1. The van der Waals surface area contributed by atoms with Crippen LogP contribution in [-0.4, -0.2) is 33.9 Å². The molecular weight excluding hydrogens is 338 g/mol. The molecule has 0 atom stereocenters. The average molecular weight is 363 g/mol. The fourth-order valence-corrected chi connectivity index (χ4v) is 3.88. The van der Waals surface area contributed by atoms with Crippen LogP contribution in [0.5, 0.6) is 0 Å². The van der Waals surface area contributed by atoms with Gasteiger partial charge in [0.15, 0.2) is 0 Å². The number of H-pyrrole nitrogens is 1. The van der Waals surface area contributed by atoms with E-state index < -0.39 is 0 Å². The molecule has 6 heteroatoms. The van der Waals surface area contributed by atoms with E-state index in [1.54, 1.807) is 12.4 Å². The third kappa shape index (κ3) is 3.79. The van der Waals surface area contributed by atoms with Crippen LogP contribution in [0.2, 0.25) is 0 Å². The first kappa shape index (κ1) is 17.5. The molecule has 1 aliphatic rings. The lowest BCUT2D eigenvalue weighted by molar-refractivity contribution is 0.0951. The maximum absolute atomic E-state index is 12.6. The molecule has 1 saturated carbocycles. The monoisotopic (exact) mass is 363 g/mol. The number of rotatable bonds is 5. The lowest BCUT2D eigenvalue weighted by Gasteiger charge is -2.33. The molecule has 2 aromatic heterocycles. The number of amides is 1. The van der Waals surface area contributed by atoms with Gasteiger partial charge in [-0.3, -0.25) is 4.79 Å². The van der Waals surface area contributed by atoms with Crippen LogP contribution in [0.3, 0.4) is 0 Å². The van der Waals surface area contributed by atoms with Gasteiger partial charge in [-0.25, -0.2) is 9.97 Å². The summed E-state index contributed by atoms with van der Waals surface area (Å²) in [6, 6.07) is 9.99. The molecule has 4 rings (SSSR count). The van der Waals surface area contributed by atoms with Gasteiger partial charge in [0.2, 0.25) is 0 Å². The quantitative estimate of drug-likeness (QED) is 0.725. The van der Waals surface area contributed by atoms with E-state index in [9.17, 15) is 4.79 Å². The summed E-state index contributed by atoms with van der Waals surface area (Å²) in [5, 5.41) is 3.03. The molecule has 1 amide bonds. The Kier molecular flexibility index (Phi) is 5.05. The second-order valence-corrected chi connectivity index (χ2v) is 7.21. The Morgan fingerprint density at radius 3 is 2.93 bits per heavy atom. The molecule has 140 valence electrons. The first-order valence-corrected chi connectivity index (χ1v) is 9.60. The van der Waals surface area contributed by atoms with E-state index in [0.29, 0.717) is 18.2 Å². The second-order valence-electron chi connectivity index (χ2n) is 7.21. The highest BCUT2D eigenvalue weighted by atomic mass is 16.1. The van der Waals surface area contributed by atoms with Crippen molar-refractivity contribution in [2.75, 3.05) is 11.9 Å². The molecule has 6 nitrogen and oxygen atoms in total. The minimum Gasteiger partial charge on any atom is -0.356 e. The number of aromatic amines is 1. The number of imidazole rings is 1. The highest BCUT2D eigenvalue weighted by Crippen LogP contribution is 2.27. The van der Waals surface area contributed by atoms with Gasteiger partial charge in [0.25, 0.3) is 5.91 Å².